The molecule has 0 unspecified atom stereocenters. The fourth-order valence-electron chi connectivity index (χ4n) is 4.76. The molecule has 3 fully saturated rings. The number of pyridine rings is 1. The third-order valence-corrected chi connectivity index (χ3v) is 6.30. The predicted molar refractivity (Wildman–Crippen MR) is 94.0 cm³/mol. The predicted octanol–water partition coefficient (Wildman–Crippen LogP) is 0.497. The van der Waals surface area contributed by atoms with Crippen LogP contribution in [0.15, 0.2) is 23.1 Å². The first kappa shape index (κ1) is 17.7. The van der Waals surface area contributed by atoms with Gasteiger partial charge in [0.1, 0.15) is 0 Å². The van der Waals surface area contributed by atoms with Crippen molar-refractivity contribution in [2.45, 2.75) is 38.0 Å². The van der Waals surface area contributed by atoms with Crippen molar-refractivity contribution in [3.63, 3.8) is 0 Å². The molecule has 7 nitrogen and oxygen atoms in total. The maximum absolute atomic E-state index is 13.2. The molecule has 4 rings (SSSR count). The molecule has 1 amide bonds. The van der Waals surface area contributed by atoms with Gasteiger partial charge in [-0.05, 0) is 19.4 Å². The molecule has 0 saturated carbocycles. The third kappa shape index (κ3) is 2.78. The highest BCUT2D eigenvalue weighted by atomic mass is 16.5. The van der Waals surface area contributed by atoms with Crippen LogP contribution in [-0.2, 0) is 16.0 Å². The Hall–Kier alpha value is -1.70. The number of likely N-dealkylation sites (tertiary alicyclic amines) is 1. The van der Waals surface area contributed by atoms with Crippen molar-refractivity contribution in [3.05, 3.63) is 34.2 Å². The number of amides is 1. The minimum atomic E-state index is -0.842. The van der Waals surface area contributed by atoms with Crippen LogP contribution in [0.25, 0.3) is 0 Å². The van der Waals surface area contributed by atoms with Crippen molar-refractivity contribution in [3.8, 4) is 0 Å². The molecule has 0 spiro atoms. The summed E-state index contributed by atoms with van der Waals surface area (Å²) in [5, 5.41) is 11.3. The molecular weight excluding hydrogens is 336 g/mol. The highest BCUT2D eigenvalue weighted by Crippen LogP contribution is 2.44. The van der Waals surface area contributed by atoms with Crippen LogP contribution in [0.1, 0.15) is 30.1 Å². The number of fused-ring (bicyclic) bond motifs is 3. The summed E-state index contributed by atoms with van der Waals surface area (Å²) in [5.74, 6) is -0.382. The van der Waals surface area contributed by atoms with Crippen LogP contribution < -0.4 is 5.56 Å². The van der Waals surface area contributed by atoms with E-state index in [-0.39, 0.29) is 29.3 Å². The van der Waals surface area contributed by atoms with E-state index in [4.69, 9.17) is 9.47 Å². The zero-order chi connectivity index (χ0) is 18.3. The quantitative estimate of drug-likeness (QED) is 0.829. The minimum Gasteiger partial charge on any atom is -0.389 e. The van der Waals surface area contributed by atoms with Gasteiger partial charge in [-0.15, -0.1) is 0 Å². The maximum Gasteiger partial charge on any atom is 0.254 e. The van der Waals surface area contributed by atoms with E-state index in [1.807, 2.05) is 11.8 Å². The number of piperidine rings is 1. The van der Waals surface area contributed by atoms with Crippen LogP contribution in [0.5, 0.6) is 0 Å². The summed E-state index contributed by atoms with van der Waals surface area (Å²) in [6.45, 7) is 4.95. The van der Waals surface area contributed by atoms with Gasteiger partial charge in [0.2, 0.25) is 0 Å². The van der Waals surface area contributed by atoms with Gasteiger partial charge in [0.15, 0.2) is 0 Å². The number of aliphatic hydroxyl groups is 1. The lowest BCUT2D eigenvalue weighted by molar-refractivity contribution is -0.212. The standard InChI is InChI=1S/C19H26N2O5/c1-2-20-6-3-13(9-17(20)22)18(23)21-10-14-11-26-8-5-19(14,24)15-12-25-7-4-16(15)21/h3,6,9,14-16,24H,2,4-5,7-8,10-12H2,1H3/t14-,15+,16-,19-/m0/s1. The lowest BCUT2D eigenvalue weighted by Gasteiger charge is -2.57. The second-order valence-corrected chi connectivity index (χ2v) is 7.55. The largest absolute Gasteiger partial charge is 0.389 e. The molecule has 1 N–H and O–H groups in total. The van der Waals surface area contributed by atoms with Gasteiger partial charge in [-0.25, -0.2) is 0 Å². The SMILES string of the molecule is CCn1ccc(C(=O)N2C[C@H]3COCC[C@@]3(O)[C@@H]3COCC[C@@H]32)cc1=O. The molecule has 3 aliphatic rings. The van der Waals surface area contributed by atoms with Gasteiger partial charge in [0, 0.05) is 68.4 Å². The van der Waals surface area contributed by atoms with Crippen molar-refractivity contribution < 1.29 is 19.4 Å². The molecule has 4 heterocycles. The molecule has 1 aromatic heterocycles. The summed E-state index contributed by atoms with van der Waals surface area (Å²) in [5.41, 5.74) is -0.602. The monoisotopic (exact) mass is 362 g/mol. The van der Waals surface area contributed by atoms with Gasteiger partial charge in [0.25, 0.3) is 11.5 Å². The first-order chi connectivity index (χ1) is 12.5. The summed E-state index contributed by atoms with van der Waals surface area (Å²) in [7, 11) is 0. The Morgan fingerprint density at radius 3 is 2.92 bits per heavy atom. The minimum absolute atomic E-state index is 0.0655. The van der Waals surface area contributed by atoms with Gasteiger partial charge in [-0.3, -0.25) is 9.59 Å². The zero-order valence-electron chi connectivity index (χ0n) is 15.1. The van der Waals surface area contributed by atoms with E-state index >= 15 is 0 Å². The molecule has 4 atom stereocenters. The van der Waals surface area contributed by atoms with E-state index in [0.29, 0.717) is 57.9 Å². The van der Waals surface area contributed by atoms with Gasteiger partial charge >= 0.3 is 0 Å². The Kier molecular flexibility index (Phi) is 4.62. The zero-order valence-corrected chi connectivity index (χ0v) is 15.1. The molecule has 7 heteroatoms. The summed E-state index contributed by atoms with van der Waals surface area (Å²) in [6.07, 6.45) is 2.95. The highest BCUT2D eigenvalue weighted by molar-refractivity contribution is 5.94. The molecule has 3 saturated heterocycles. The normalized spacial score (nSPS) is 34.1. The molecule has 1 aromatic rings. The average molecular weight is 362 g/mol. The van der Waals surface area contributed by atoms with E-state index in [2.05, 4.69) is 0 Å². The Morgan fingerprint density at radius 2 is 2.15 bits per heavy atom. The van der Waals surface area contributed by atoms with Crippen molar-refractivity contribution in [2.75, 3.05) is 33.0 Å². The van der Waals surface area contributed by atoms with E-state index in [1.165, 1.54) is 6.07 Å². The molecule has 0 aliphatic carbocycles. The van der Waals surface area contributed by atoms with E-state index in [0.717, 1.165) is 0 Å². The number of ether oxygens (including phenoxy) is 2. The smallest absolute Gasteiger partial charge is 0.254 e. The lowest BCUT2D eigenvalue weighted by Crippen LogP contribution is -2.68. The first-order valence-corrected chi connectivity index (χ1v) is 9.44. The number of carbonyl (C=O) groups is 1. The highest BCUT2D eigenvalue weighted by Gasteiger charge is 2.56. The van der Waals surface area contributed by atoms with Crippen LogP contribution in [0, 0.1) is 11.8 Å². The van der Waals surface area contributed by atoms with E-state index in [9.17, 15) is 14.7 Å². The first-order valence-electron chi connectivity index (χ1n) is 9.44. The van der Waals surface area contributed by atoms with Crippen LogP contribution in [0.4, 0.5) is 0 Å². The molecule has 26 heavy (non-hydrogen) atoms. The van der Waals surface area contributed by atoms with Gasteiger partial charge < -0.3 is 24.0 Å². The number of aromatic nitrogens is 1. The Morgan fingerprint density at radius 1 is 1.35 bits per heavy atom. The third-order valence-electron chi connectivity index (χ3n) is 6.30. The molecule has 0 aromatic carbocycles. The van der Waals surface area contributed by atoms with E-state index in [1.54, 1.807) is 16.8 Å². The van der Waals surface area contributed by atoms with Crippen LogP contribution in [-0.4, -0.2) is 65.1 Å². The molecule has 0 radical (unpaired) electrons. The fraction of sp³-hybridized carbons (Fsp3) is 0.684. The molecule has 0 bridgehead atoms. The van der Waals surface area contributed by atoms with E-state index < -0.39 is 5.60 Å². The average Bonchev–Trinajstić information content (AvgIpc) is 2.67. The Balaban J connectivity index is 1.66. The second-order valence-electron chi connectivity index (χ2n) is 7.55. The Labute approximate surface area is 152 Å². The molecular formula is C19H26N2O5. The van der Waals surface area contributed by atoms with Crippen molar-refractivity contribution in [1.82, 2.24) is 9.47 Å². The molecule has 142 valence electrons. The van der Waals surface area contributed by atoms with Crippen molar-refractivity contribution >= 4 is 5.91 Å². The van der Waals surface area contributed by atoms with Crippen molar-refractivity contribution in [1.29, 1.82) is 0 Å². The number of hydrogen-bond donors (Lipinski definition) is 1. The topological polar surface area (TPSA) is 81.0 Å². The van der Waals surface area contributed by atoms with Crippen LogP contribution in [0.2, 0.25) is 0 Å². The number of rotatable bonds is 2. The summed E-state index contributed by atoms with van der Waals surface area (Å²) in [6, 6.07) is 3.06. The Bertz CT molecular complexity index is 748. The second kappa shape index (κ2) is 6.79. The van der Waals surface area contributed by atoms with Crippen molar-refractivity contribution in [2.24, 2.45) is 11.8 Å². The fourth-order valence-corrected chi connectivity index (χ4v) is 4.76. The number of carbonyl (C=O) groups excluding carboxylic acids is 1. The number of aryl methyl sites for hydroxylation is 1. The molecule has 3 aliphatic heterocycles. The summed E-state index contributed by atoms with van der Waals surface area (Å²) in [4.78, 5) is 27.2. The van der Waals surface area contributed by atoms with Gasteiger partial charge in [0.05, 0.1) is 18.8 Å². The van der Waals surface area contributed by atoms with Gasteiger partial charge in [-0.2, -0.15) is 0 Å². The van der Waals surface area contributed by atoms with Crippen LogP contribution >= 0.6 is 0 Å². The van der Waals surface area contributed by atoms with Gasteiger partial charge in [-0.1, -0.05) is 0 Å². The lowest BCUT2D eigenvalue weighted by atomic mass is 9.66. The van der Waals surface area contributed by atoms with Crippen LogP contribution in [0.3, 0.4) is 0 Å². The maximum atomic E-state index is 13.2. The summed E-state index contributed by atoms with van der Waals surface area (Å²) < 4.78 is 12.8. The number of hydrogen-bond acceptors (Lipinski definition) is 5. The summed E-state index contributed by atoms with van der Waals surface area (Å²) >= 11 is 0. The number of nitrogens with zero attached hydrogens (tertiary/aromatic N) is 2.